The van der Waals surface area contributed by atoms with E-state index in [4.69, 9.17) is 0 Å². The molecule has 2 fully saturated rings. The number of rotatable bonds is 2. The zero-order valence-electron chi connectivity index (χ0n) is 12.0. The van der Waals surface area contributed by atoms with Gasteiger partial charge in [0.2, 0.25) is 0 Å². The Morgan fingerprint density at radius 2 is 2.15 bits per heavy atom. The fourth-order valence-electron chi connectivity index (χ4n) is 3.47. The molecular weight excluding hydrogens is 318 g/mol. The van der Waals surface area contributed by atoms with Crippen molar-refractivity contribution in [2.75, 3.05) is 26.2 Å². The van der Waals surface area contributed by atoms with Crippen LogP contribution >= 0.6 is 15.9 Å². The van der Waals surface area contributed by atoms with Crippen LogP contribution in [0, 0.1) is 0 Å². The average molecular weight is 340 g/mol. The highest BCUT2D eigenvalue weighted by molar-refractivity contribution is 9.10. The van der Waals surface area contributed by atoms with Gasteiger partial charge in [-0.1, -0.05) is 0 Å². The molecule has 4 nitrogen and oxygen atoms in total. The van der Waals surface area contributed by atoms with Crippen LogP contribution in [0.25, 0.3) is 0 Å². The van der Waals surface area contributed by atoms with Crippen LogP contribution < -0.4 is 0 Å². The first-order valence-electron chi connectivity index (χ1n) is 7.58. The summed E-state index contributed by atoms with van der Waals surface area (Å²) in [4.78, 5) is 17.4. The van der Waals surface area contributed by atoms with E-state index in [9.17, 15) is 4.79 Å². The quantitative estimate of drug-likeness (QED) is 0.828. The van der Waals surface area contributed by atoms with Crippen molar-refractivity contribution in [3.8, 4) is 0 Å². The summed E-state index contributed by atoms with van der Waals surface area (Å²) in [6, 6.07) is 2.53. The van der Waals surface area contributed by atoms with Crippen molar-refractivity contribution in [2.24, 2.45) is 0 Å². The third-order valence-electron chi connectivity index (χ3n) is 4.51. The number of aromatic nitrogens is 1. The summed E-state index contributed by atoms with van der Waals surface area (Å²) < 4.78 is 3.02. The van der Waals surface area contributed by atoms with E-state index < -0.39 is 0 Å². The van der Waals surface area contributed by atoms with Gasteiger partial charge in [0, 0.05) is 42.9 Å². The molecule has 3 heterocycles. The van der Waals surface area contributed by atoms with Crippen LogP contribution in [0.5, 0.6) is 0 Å². The third kappa shape index (κ3) is 2.66. The molecule has 1 atom stereocenters. The maximum Gasteiger partial charge on any atom is 0.270 e. The van der Waals surface area contributed by atoms with Gasteiger partial charge in [-0.05, 0) is 54.7 Å². The second-order valence-electron chi connectivity index (χ2n) is 5.77. The van der Waals surface area contributed by atoms with Crippen LogP contribution in [0.2, 0.25) is 0 Å². The van der Waals surface area contributed by atoms with Crippen molar-refractivity contribution in [2.45, 2.75) is 38.8 Å². The summed E-state index contributed by atoms with van der Waals surface area (Å²) in [5.41, 5.74) is 0.811. The van der Waals surface area contributed by atoms with E-state index >= 15 is 0 Å². The van der Waals surface area contributed by atoms with E-state index in [0.29, 0.717) is 6.04 Å². The lowest BCUT2D eigenvalue weighted by Crippen LogP contribution is -2.40. The molecule has 2 aliphatic heterocycles. The molecule has 20 heavy (non-hydrogen) atoms. The first-order chi connectivity index (χ1) is 9.69. The lowest BCUT2D eigenvalue weighted by molar-refractivity contribution is 0.0732. The molecule has 0 aromatic carbocycles. The van der Waals surface area contributed by atoms with Crippen LogP contribution in [0.1, 0.15) is 36.7 Å². The molecule has 1 amide bonds. The number of halogens is 1. The fraction of sp³-hybridized carbons (Fsp3) is 0.667. The highest BCUT2D eigenvalue weighted by Gasteiger charge is 2.31. The summed E-state index contributed by atoms with van der Waals surface area (Å²) in [5, 5.41) is 0. The van der Waals surface area contributed by atoms with Crippen LogP contribution in [0.15, 0.2) is 16.7 Å². The van der Waals surface area contributed by atoms with Gasteiger partial charge in [0.05, 0.1) is 0 Å². The van der Waals surface area contributed by atoms with Crippen molar-refractivity contribution in [1.82, 2.24) is 14.4 Å². The largest absolute Gasteiger partial charge is 0.343 e. The van der Waals surface area contributed by atoms with Gasteiger partial charge in [-0.3, -0.25) is 9.69 Å². The van der Waals surface area contributed by atoms with Gasteiger partial charge in [0.15, 0.2) is 0 Å². The molecule has 0 aliphatic carbocycles. The first-order valence-corrected chi connectivity index (χ1v) is 8.37. The summed E-state index contributed by atoms with van der Waals surface area (Å²) in [7, 11) is 0. The van der Waals surface area contributed by atoms with E-state index in [1.807, 2.05) is 16.8 Å². The van der Waals surface area contributed by atoms with E-state index in [1.165, 1.54) is 19.4 Å². The number of hydrogen-bond acceptors (Lipinski definition) is 2. The van der Waals surface area contributed by atoms with Crippen molar-refractivity contribution in [3.05, 3.63) is 22.4 Å². The molecule has 2 saturated heterocycles. The van der Waals surface area contributed by atoms with E-state index in [1.54, 1.807) is 0 Å². The summed E-state index contributed by atoms with van der Waals surface area (Å²) in [5.74, 6) is 0.186. The number of carbonyl (C=O) groups excluding carboxylic acids is 1. The molecule has 1 unspecified atom stereocenters. The Kier molecular flexibility index (Phi) is 4.17. The molecule has 2 aliphatic rings. The normalized spacial score (nSPS) is 23.7. The van der Waals surface area contributed by atoms with Gasteiger partial charge in [0.1, 0.15) is 5.69 Å². The van der Waals surface area contributed by atoms with Gasteiger partial charge in [-0.2, -0.15) is 0 Å². The molecule has 0 bridgehead atoms. The predicted octanol–water partition coefficient (Wildman–Crippen LogP) is 2.58. The predicted molar refractivity (Wildman–Crippen MR) is 82.9 cm³/mol. The summed E-state index contributed by atoms with van der Waals surface area (Å²) in [6.07, 6.45) is 5.61. The number of hydrogen-bond donors (Lipinski definition) is 0. The number of carbonyl (C=O) groups is 1. The molecule has 1 aromatic heterocycles. The third-order valence-corrected chi connectivity index (χ3v) is 4.95. The van der Waals surface area contributed by atoms with Gasteiger partial charge in [-0.15, -0.1) is 0 Å². The van der Waals surface area contributed by atoms with Crippen molar-refractivity contribution >= 4 is 21.8 Å². The monoisotopic (exact) mass is 339 g/mol. The number of amides is 1. The summed E-state index contributed by atoms with van der Waals surface area (Å²) in [6.45, 7) is 7.04. The number of fused-ring (bicyclic) bond motifs is 1. The summed E-state index contributed by atoms with van der Waals surface area (Å²) >= 11 is 3.48. The Morgan fingerprint density at radius 1 is 1.35 bits per heavy atom. The molecule has 3 rings (SSSR count). The van der Waals surface area contributed by atoms with E-state index in [2.05, 4.69) is 32.7 Å². The standard InChI is InChI=1S/C15H22BrN3O/c1-2-17-10-12(16)9-14(17)15(20)19-8-4-7-18-6-3-5-13(18)11-19/h9-10,13H,2-8,11H2,1H3. The van der Waals surface area contributed by atoms with Crippen LogP contribution in [-0.4, -0.2) is 52.5 Å². The number of nitrogens with zero attached hydrogens (tertiary/aromatic N) is 3. The molecule has 110 valence electrons. The van der Waals surface area contributed by atoms with Crippen LogP contribution in [-0.2, 0) is 6.54 Å². The smallest absolute Gasteiger partial charge is 0.270 e. The topological polar surface area (TPSA) is 28.5 Å². The Bertz CT molecular complexity index is 499. The molecule has 0 saturated carbocycles. The lowest BCUT2D eigenvalue weighted by Gasteiger charge is -2.26. The second-order valence-corrected chi connectivity index (χ2v) is 6.68. The van der Waals surface area contributed by atoms with Crippen LogP contribution in [0.3, 0.4) is 0 Å². The Morgan fingerprint density at radius 3 is 2.95 bits per heavy atom. The molecular formula is C15H22BrN3O. The minimum Gasteiger partial charge on any atom is -0.343 e. The Labute approximate surface area is 128 Å². The van der Waals surface area contributed by atoms with Gasteiger partial charge in [-0.25, -0.2) is 0 Å². The maximum atomic E-state index is 12.8. The van der Waals surface area contributed by atoms with Crippen molar-refractivity contribution in [1.29, 1.82) is 0 Å². The lowest BCUT2D eigenvalue weighted by atomic mass is 10.2. The van der Waals surface area contributed by atoms with Gasteiger partial charge >= 0.3 is 0 Å². The highest BCUT2D eigenvalue weighted by atomic mass is 79.9. The van der Waals surface area contributed by atoms with Gasteiger partial charge in [0.25, 0.3) is 5.91 Å². The first kappa shape index (κ1) is 14.1. The number of aryl methyl sites for hydroxylation is 1. The van der Waals surface area contributed by atoms with E-state index in [-0.39, 0.29) is 5.91 Å². The molecule has 0 spiro atoms. The second kappa shape index (κ2) is 5.90. The SMILES string of the molecule is CCn1cc(Br)cc1C(=O)N1CCCN2CCCC2C1. The molecule has 1 aromatic rings. The molecule has 0 radical (unpaired) electrons. The zero-order chi connectivity index (χ0) is 14.1. The van der Waals surface area contributed by atoms with Crippen molar-refractivity contribution < 1.29 is 4.79 Å². The fourth-order valence-corrected chi connectivity index (χ4v) is 3.93. The Hall–Kier alpha value is -0.810. The van der Waals surface area contributed by atoms with Crippen molar-refractivity contribution in [3.63, 3.8) is 0 Å². The maximum absolute atomic E-state index is 12.8. The highest BCUT2D eigenvalue weighted by Crippen LogP contribution is 2.23. The molecule has 0 N–H and O–H groups in total. The Balaban J connectivity index is 1.78. The molecule has 5 heteroatoms. The zero-order valence-corrected chi connectivity index (χ0v) is 13.6. The van der Waals surface area contributed by atoms with Gasteiger partial charge < -0.3 is 9.47 Å². The van der Waals surface area contributed by atoms with Crippen LogP contribution in [0.4, 0.5) is 0 Å². The minimum atomic E-state index is 0.186. The van der Waals surface area contributed by atoms with E-state index in [0.717, 1.165) is 42.8 Å². The minimum absolute atomic E-state index is 0.186. The average Bonchev–Trinajstić information content (AvgIpc) is 2.98.